The highest BCUT2D eigenvalue weighted by atomic mass is 35.5. The molecule has 0 atom stereocenters. The van der Waals surface area contributed by atoms with E-state index in [0.717, 1.165) is 35.4 Å². The molecule has 0 saturated carbocycles. The Kier molecular flexibility index (Phi) is 5.13. The van der Waals surface area contributed by atoms with Gasteiger partial charge in [0.2, 0.25) is 0 Å². The first-order valence-corrected chi connectivity index (χ1v) is 8.73. The van der Waals surface area contributed by atoms with E-state index in [4.69, 9.17) is 16.0 Å². The van der Waals surface area contributed by atoms with Gasteiger partial charge < -0.3 is 9.32 Å². The van der Waals surface area contributed by atoms with Gasteiger partial charge in [0, 0.05) is 42.2 Å². The van der Waals surface area contributed by atoms with Crippen molar-refractivity contribution in [1.82, 2.24) is 10.3 Å². The number of hydrogen-bond donors (Lipinski definition) is 1. The number of furan rings is 1. The van der Waals surface area contributed by atoms with Crippen LogP contribution in [-0.2, 0) is 6.42 Å². The van der Waals surface area contributed by atoms with Crippen molar-refractivity contribution in [2.24, 2.45) is 5.10 Å². The van der Waals surface area contributed by atoms with Gasteiger partial charge in [-0.15, -0.1) is 0 Å². The number of benzene rings is 1. The Bertz CT molecular complexity index is 899. The van der Waals surface area contributed by atoms with Gasteiger partial charge in [0.05, 0.1) is 5.71 Å². The first-order chi connectivity index (χ1) is 12.4. The molecular weight excluding hydrogens is 354 g/mol. The van der Waals surface area contributed by atoms with E-state index in [9.17, 15) is 9.59 Å². The number of rotatable bonds is 3. The number of fused-ring (bicyclic) bond motifs is 1. The summed E-state index contributed by atoms with van der Waals surface area (Å²) < 4.78 is 5.80. The van der Waals surface area contributed by atoms with Gasteiger partial charge >= 0.3 is 0 Å². The second kappa shape index (κ2) is 7.33. The van der Waals surface area contributed by atoms with Crippen molar-refractivity contribution in [2.45, 2.75) is 26.2 Å². The zero-order valence-corrected chi connectivity index (χ0v) is 15.7. The van der Waals surface area contributed by atoms with Crippen LogP contribution in [0.5, 0.6) is 0 Å². The van der Waals surface area contributed by atoms with Crippen LogP contribution in [0.25, 0.3) is 0 Å². The molecule has 7 heteroatoms. The third kappa shape index (κ3) is 3.51. The van der Waals surface area contributed by atoms with Gasteiger partial charge in [-0.3, -0.25) is 9.59 Å². The molecule has 2 aromatic rings. The molecule has 1 aliphatic rings. The average molecular weight is 374 g/mol. The number of hydrogen-bond acceptors (Lipinski definition) is 4. The quantitative estimate of drug-likeness (QED) is 0.838. The Morgan fingerprint density at radius 2 is 2.04 bits per heavy atom. The van der Waals surface area contributed by atoms with Crippen LogP contribution in [0.15, 0.2) is 33.8 Å². The van der Waals surface area contributed by atoms with Crippen LogP contribution in [0.3, 0.4) is 0 Å². The predicted molar refractivity (Wildman–Crippen MR) is 99.9 cm³/mol. The molecule has 0 unspecified atom stereocenters. The highest BCUT2D eigenvalue weighted by Crippen LogP contribution is 2.30. The molecule has 1 aromatic heterocycles. The van der Waals surface area contributed by atoms with Crippen LogP contribution in [0.4, 0.5) is 0 Å². The molecule has 0 fully saturated rings. The van der Waals surface area contributed by atoms with Crippen molar-refractivity contribution in [3.05, 3.63) is 57.5 Å². The number of nitrogens with one attached hydrogen (secondary N) is 1. The number of amides is 2. The van der Waals surface area contributed by atoms with Crippen molar-refractivity contribution in [3.63, 3.8) is 0 Å². The lowest BCUT2D eigenvalue weighted by Crippen LogP contribution is -2.23. The van der Waals surface area contributed by atoms with Crippen LogP contribution in [0.1, 0.15) is 50.6 Å². The van der Waals surface area contributed by atoms with Gasteiger partial charge in [0.25, 0.3) is 11.8 Å². The minimum absolute atomic E-state index is 0.181. The van der Waals surface area contributed by atoms with Crippen molar-refractivity contribution >= 4 is 29.1 Å². The summed E-state index contributed by atoms with van der Waals surface area (Å²) in [7, 11) is 3.37. The number of nitrogens with zero attached hydrogens (tertiary/aromatic N) is 2. The van der Waals surface area contributed by atoms with Gasteiger partial charge in [0.1, 0.15) is 5.76 Å². The largest absolute Gasteiger partial charge is 0.455 e. The smallest absolute Gasteiger partial charge is 0.289 e. The van der Waals surface area contributed by atoms with E-state index in [0.29, 0.717) is 22.8 Å². The van der Waals surface area contributed by atoms with Crippen LogP contribution < -0.4 is 5.43 Å². The molecular formula is C19H20ClN3O3. The number of hydrazone groups is 1. The molecule has 1 heterocycles. The second-order valence-corrected chi connectivity index (χ2v) is 6.85. The fraction of sp³-hybridized carbons (Fsp3) is 0.316. The third-order valence-electron chi connectivity index (χ3n) is 4.31. The summed E-state index contributed by atoms with van der Waals surface area (Å²) in [6.07, 6.45) is 2.30. The zero-order chi connectivity index (χ0) is 18.8. The Morgan fingerprint density at radius 3 is 2.73 bits per heavy atom. The minimum atomic E-state index is -0.335. The molecule has 1 N–H and O–H groups in total. The monoisotopic (exact) mass is 373 g/mol. The second-order valence-electron chi connectivity index (χ2n) is 6.42. The van der Waals surface area contributed by atoms with E-state index in [1.54, 1.807) is 38.4 Å². The molecule has 1 aromatic carbocycles. The summed E-state index contributed by atoms with van der Waals surface area (Å²) in [6.45, 7) is 1.85. The van der Waals surface area contributed by atoms with E-state index in [1.165, 1.54) is 4.90 Å². The maximum Gasteiger partial charge on any atom is 0.289 e. The molecule has 0 spiro atoms. The standard InChI is InChI=1S/C19H20ClN3O3/c1-11-16-14(21-22-18(24)12-6-4-7-13(20)10-12)8-5-9-15(16)26-17(11)19(25)23(2)3/h4,6-7,10H,5,8-9H2,1-3H3,(H,22,24)/b21-14+. The van der Waals surface area contributed by atoms with E-state index in [-0.39, 0.29) is 11.8 Å². The number of carbonyl (C=O) groups is 2. The molecule has 0 aliphatic heterocycles. The van der Waals surface area contributed by atoms with Crippen molar-refractivity contribution in [1.29, 1.82) is 0 Å². The molecule has 2 amide bonds. The summed E-state index contributed by atoms with van der Waals surface area (Å²) in [5.41, 5.74) is 5.32. The van der Waals surface area contributed by atoms with Crippen LogP contribution in [0.2, 0.25) is 5.02 Å². The van der Waals surface area contributed by atoms with Crippen LogP contribution in [0, 0.1) is 6.92 Å². The van der Waals surface area contributed by atoms with Crippen molar-refractivity contribution in [3.8, 4) is 0 Å². The lowest BCUT2D eigenvalue weighted by atomic mass is 9.93. The molecule has 0 bridgehead atoms. The third-order valence-corrected chi connectivity index (χ3v) is 4.54. The zero-order valence-electron chi connectivity index (χ0n) is 14.9. The maximum atomic E-state index is 12.3. The van der Waals surface area contributed by atoms with Gasteiger partial charge in [-0.25, -0.2) is 5.43 Å². The molecule has 3 rings (SSSR count). The SMILES string of the molecule is Cc1c(C(=O)N(C)C)oc2c1/C(=N/NC(=O)c1cccc(Cl)c1)CCC2. The van der Waals surface area contributed by atoms with E-state index in [2.05, 4.69) is 10.5 Å². The molecule has 0 saturated heterocycles. The first kappa shape index (κ1) is 18.2. The number of aryl methyl sites for hydroxylation is 1. The highest BCUT2D eigenvalue weighted by Gasteiger charge is 2.28. The fourth-order valence-corrected chi connectivity index (χ4v) is 3.19. The summed E-state index contributed by atoms with van der Waals surface area (Å²) in [4.78, 5) is 26.0. The van der Waals surface area contributed by atoms with Gasteiger partial charge in [-0.05, 0) is 38.0 Å². The van der Waals surface area contributed by atoms with Gasteiger partial charge in [-0.2, -0.15) is 5.10 Å². The first-order valence-electron chi connectivity index (χ1n) is 8.35. The fourth-order valence-electron chi connectivity index (χ4n) is 3.00. The molecule has 26 heavy (non-hydrogen) atoms. The highest BCUT2D eigenvalue weighted by molar-refractivity contribution is 6.31. The average Bonchev–Trinajstić information content (AvgIpc) is 2.96. The molecule has 1 aliphatic carbocycles. The van der Waals surface area contributed by atoms with E-state index < -0.39 is 0 Å². The lowest BCUT2D eigenvalue weighted by molar-refractivity contribution is 0.0793. The predicted octanol–water partition coefficient (Wildman–Crippen LogP) is 3.41. The van der Waals surface area contributed by atoms with Gasteiger partial charge in [0.15, 0.2) is 5.76 Å². The van der Waals surface area contributed by atoms with E-state index in [1.807, 2.05) is 6.92 Å². The summed E-state index contributed by atoms with van der Waals surface area (Å²) in [5.74, 6) is 0.558. The summed E-state index contributed by atoms with van der Waals surface area (Å²) in [5, 5.41) is 4.79. The number of carbonyl (C=O) groups excluding carboxylic acids is 2. The maximum absolute atomic E-state index is 12.3. The molecule has 0 radical (unpaired) electrons. The summed E-state index contributed by atoms with van der Waals surface area (Å²) in [6, 6.07) is 6.67. The Balaban J connectivity index is 1.88. The van der Waals surface area contributed by atoms with Crippen molar-refractivity contribution in [2.75, 3.05) is 14.1 Å². The Labute approximate surface area is 156 Å². The molecule has 6 nitrogen and oxygen atoms in total. The Hall–Kier alpha value is -2.60. The minimum Gasteiger partial charge on any atom is -0.455 e. The van der Waals surface area contributed by atoms with Crippen molar-refractivity contribution < 1.29 is 14.0 Å². The topological polar surface area (TPSA) is 74.9 Å². The van der Waals surface area contributed by atoms with E-state index >= 15 is 0 Å². The Morgan fingerprint density at radius 1 is 1.27 bits per heavy atom. The normalized spacial score (nSPS) is 14.8. The molecule has 136 valence electrons. The van der Waals surface area contributed by atoms with Crippen LogP contribution >= 0.6 is 11.6 Å². The number of halogens is 1. The van der Waals surface area contributed by atoms with Gasteiger partial charge in [-0.1, -0.05) is 17.7 Å². The summed E-state index contributed by atoms with van der Waals surface area (Å²) >= 11 is 5.92. The van der Waals surface area contributed by atoms with Crippen LogP contribution in [-0.4, -0.2) is 36.5 Å². The lowest BCUT2D eigenvalue weighted by Gasteiger charge is -2.13.